The molecule has 1 heterocycles. The minimum absolute atomic E-state index is 0.00284. The van der Waals surface area contributed by atoms with Crippen LogP contribution in [0.25, 0.3) is 0 Å². The van der Waals surface area contributed by atoms with Crippen molar-refractivity contribution in [3.63, 3.8) is 0 Å². The number of aliphatic hydroxyl groups is 2. The third-order valence-electron chi connectivity index (χ3n) is 14.6. The molecule has 0 unspecified atom stereocenters. The van der Waals surface area contributed by atoms with Crippen molar-refractivity contribution >= 4 is 83.4 Å². The van der Waals surface area contributed by atoms with Crippen molar-refractivity contribution in [1.82, 2.24) is 57.5 Å². The number of benzene rings is 2. The van der Waals surface area contributed by atoms with Crippen LogP contribution in [-0.4, -0.2) is 204 Å². The summed E-state index contributed by atoms with van der Waals surface area (Å²) in [4.78, 5) is 158. The van der Waals surface area contributed by atoms with Gasteiger partial charge in [-0.25, -0.2) is 9.48 Å². The summed E-state index contributed by atoms with van der Waals surface area (Å²) in [6.07, 6.45) is 0.552. The Morgan fingerprint density at radius 2 is 1.13 bits per heavy atom. The van der Waals surface area contributed by atoms with Crippen LogP contribution in [0.3, 0.4) is 0 Å². The van der Waals surface area contributed by atoms with E-state index in [2.05, 4.69) is 65.5 Å². The summed E-state index contributed by atoms with van der Waals surface area (Å²) in [5.74, 6) is -13.5. The van der Waals surface area contributed by atoms with Crippen molar-refractivity contribution in [3.05, 3.63) is 71.5 Å². The standard InChI is InChI=1S/C62H92N12O19S/c1-35(2)24-46(67-60(89)47(65-37(5)77)27-39-11-16-44(79)17-12-39)59(88)68-48(30-55(83)84)57(86)64-20-22-93-23-21-74-31-42(72-73-74)13-18-54(82)66-45(8-6-7-19-63)58(87)71-51(34-94)61(90)70-50(33-76)53(81)28-40(26-38-9-14-43(78)15-10-38)52(80)29-41(32-75)56(85)69-49(62(91)92)25-36(3)4/h9-12,14-17,31,35-36,40-41,45-51,75-76,78-79,94H,6-8,13,18-30,32-34,63H2,1-5H3,(H,64,86)(H,65,77)(H,66,82)(H,67,89)(H,68,88)(H,69,85)(H,70,90)(H,71,87)(H,83,84)(H,91,92)/t40-,41-,45-,46+,47-,48-,49-,50-,51-/m0/s1. The molecule has 9 atom stereocenters. The van der Waals surface area contributed by atoms with Gasteiger partial charge in [0.1, 0.15) is 59.6 Å². The number of carbonyl (C=O) groups is 12. The fourth-order valence-electron chi connectivity index (χ4n) is 9.62. The highest BCUT2D eigenvalue weighted by Crippen LogP contribution is 2.22. The lowest BCUT2D eigenvalue weighted by atomic mass is 9.85. The maximum absolute atomic E-state index is 13.9. The monoisotopic (exact) mass is 1340 g/mol. The van der Waals surface area contributed by atoms with E-state index in [4.69, 9.17) is 10.5 Å². The molecule has 0 aliphatic carbocycles. The van der Waals surface area contributed by atoms with Crippen molar-refractivity contribution in [2.75, 3.05) is 45.3 Å². The van der Waals surface area contributed by atoms with Crippen molar-refractivity contribution in [2.45, 2.75) is 161 Å². The number of hydrogen-bond donors (Lipinski definition) is 16. The number of aromatic hydroxyl groups is 2. The number of Topliss-reactive ketones (excluding diaryl/α,β-unsaturated/α-hetero) is 2. The molecule has 3 rings (SSSR count). The minimum Gasteiger partial charge on any atom is -0.508 e. The van der Waals surface area contributed by atoms with Crippen LogP contribution in [0.2, 0.25) is 0 Å². The van der Waals surface area contributed by atoms with Crippen LogP contribution in [0, 0.1) is 23.7 Å². The molecule has 0 aliphatic heterocycles. The Kier molecular flexibility index (Phi) is 35.5. The molecule has 520 valence electrons. The summed E-state index contributed by atoms with van der Waals surface area (Å²) in [5, 5.41) is 87.5. The summed E-state index contributed by atoms with van der Waals surface area (Å²) in [7, 11) is 0. The van der Waals surface area contributed by atoms with Crippen LogP contribution in [-0.2, 0) is 88.1 Å². The van der Waals surface area contributed by atoms with E-state index in [-0.39, 0.29) is 107 Å². The number of ether oxygens (including phenoxy) is 1. The lowest BCUT2D eigenvalue weighted by Crippen LogP contribution is -2.57. The van der Waals surface area contributed by atoms with Gasteiger partial charge in [0.05, 0.1) is 51.0 Å². The number of hydrogen-bond acceptors (Lipinski definition) is 21. The summed E-state index contributed by atoms with van der Waals surface area (Å²) < 4.78 is 7.06. The number of aromatic nitrogens is 3. The van der Waals surface area contributed by atoms with Gasteiger partial charge in [0.2, 0.25) is 47.3 Å². The zero-order valence-electron chi connectivity index (χ0n) is 53.5. The molecule has 94 heavy (non-hydrogen) atoms. The molecule has 31 nitrogen and oxygen atoms in total. The number of nitrogens with zero attached hydrogens (tertiary/aromatic N) is 3. The van der Waals surface area contributed by atoms with Gasteiger partial charge in [-0.3, -0.25) is 52.7 Å². The average molecular weight is 1340 g/mol. The number of rotatable bonds is 46. The number of amides is 8. The van der Waals surface area contributed by atoms with E-state index in [1.165, 1.54) is 48.0 Å². The van der Waals surface area contributed by atoms with Crippen LogP contribution in [0.4, 0.5) is 0 Å². The van der Waals surface area contributed by atoms with Gasteiger partial charge < -0.3 is 83.6 Å². The Labute approximate surface area is 550 Å². The summed E-state index contributed by atoms with van der Waals surface area (Å²) >= 11 is 4.23. The van der Waals surface area contributed by atoms with Crippen molar-refractivity contribution in [2.24, 2.45) is 29.4 Å². The smallest absolute Gasteiger partial charge is 0.326 e. The maximum atomic E-state index is 13.9. The molecule has 16 N–H and O–H groups in total. The number of ketones is 2. The molecule has 0 saturated carbocycles. The quantitative estimate of drug-likeness (QED) is 0.0226. The molecule has 0 radical (unpaired) electrons. The number of aryl methyl sites for hydroxylation is 1. The number of carbonyl (C=O) groups excluding carboxylic acids is 10. The maximum Gasteiger partial charge on any atom is 0.326 e. The van der Waals surface area contributed by atoms with Crippen molar-refractivity contribution in [1.29, 1.82) is 0 Å². The van der Waals surface area contributed by atoms with E-state index in [1.54, 1.807) is 46.0 Å². The second kappa shape index (κ2) is 41.9. The highest BCUT2D eigenvalue weighted by molar-refractivity contribution is 7.80. The predicted octanol–water partition coefficient (Wildman–Crippen LogP) is -1.50. The Balaban J connectivity index is 1.56. The van der Waals surface area contributed by atoms with Gasteiger partial charge in [0.15, 0.2) is 5.78 Å². The zero-order valence-corrected chi connectivity index (χ0v) is 54.4. The lowest BCUT2D eigenvalue weighted by molar-refractivity contribution is -0.143. The van der Waals surface area contributed by atoms with Crippen LogP contribution in [0.5, 0.6) is 11.5 Å². The van der Waals surface area contributed by atoms with E-state index >= 15 is 0 Å². The number of aliphatic carboxylic acids is 2. The SMILES string of the molecule is CC(=O)N[C@@H](Cc1ccc(O)cc1)C(=O)N[C@H](CC(C)C)C(=O)N[C@@H](CC(=O)O)C(=O)NCCOCCn1cc(CCC(=O)N[C@@H](CCCCN)C(=O)N[C@@H](CS)C(=O)N[C@@H](CO)C(=O)C[C@H](Cc2ccc(O)cc2)C(=O)C[C@@H](CO)C(=O)N[C@@H](CC(C)C)C(=O)O)nn1. The Morgan fingerprint density at radius 3 is 1.69 bits per heavy atom. The number of carboxylic acids is 2. The molecule has 0 fully saturated rings. The van der Waals surface area contributed by atoms with Crippen molar-refractivity contribution < 1.29 is 92.9 Å². The Morgan fingerprint density at radius 1 is 0.585 bits per heavy atom. The molecule has 0 bridgehead atoms. The number of unbranched alkanes of at least 4 members (excludes halogenated alkanes) is 1. The summed E-state index contributed by atoms with van der Waals surface area (Å²) in [6, 6.07) is 2.27. The fourth-order valence-corrected chi connectivity index (χ4v) is 9.87. The molecule has 0 saturated heterocycles. The Bertz CT molecular complexity index is 2990. The topological polar surface area (TPSA) is 488 Å². The van der Waals surface area contributed by atoms with Crippen LogP contribution in [0.1, 0.15) is 109 Å². The first kappa shape index (κ1) is 79.6. The van der Waals surface area contributed by atoms with Gasteiger partial charge in [-0.1, -0.05) is 57.2 Å². The number of carboxylic acid groups (broad SMARTS) is 2. The first-order valence-corrected chi connectivity index (χ1v) is 31.6. The van der Waals surface area contributed by atoms with Crippen molar-refractivity contribution in [3.8, 4) is 11.5 Å². The van der Waals surface area contributed by atoms with Gasteiger partial charge in [-0.15, -0.1) is 5.10 Å². The van der Waals surface area contributed by atoms with Crippen LogP contribution in [0.15, 0.2) is 54.7 Å². The molecule has 32 heteroatoms. The fraction of sp³-hybridized carbons (Fsp3) is 0.581. The molecule has 1 aromatic heterocycles. The third kappa shape index (κ3) is 30.0. The predicted molar refractivity (Wildman–Crippen MR) is 341 cm³/mol. The minimum atomic E-state index is -1.61. The normalized spacial score (nSPS) is 14.1. The number of thiol groups is 1. The Hall–Kier alpha value is -8.59. The number of nitrogens with two attached hydrogens (primary N) is 1. The first-order valence-electron chi connectivity index (χ1n) is 31.0. The first-order chi connectivity index (χ1) is 44.5. The highest BCUT2D eigenvalue weighted by Gasteiger charge is 2.35. The van der Waals surface area contributed by atoms with Gasteiger partial charge in [-0.2, -0.15) is 12.6 Å². The molecule has 0 spiro atoms. The molecule has 2 aromatic carbocycles. The second-order valence-electron chi connectivity index (χ2n) is 23.6. The summed E-state index contributed by atoms with van der Waals surface area (Å²) in [6.45, 7) is 6.89. The second-order valence-corrected chi connectivity index (χ2v) is 23.9. The molecule has 0 aliphatic rings. The third-order valence-corrected chi connectivity index (χ3v) is 15.0. The van der Waals surface area contributed by atoms with E-state index in [1.807, 2.05) is 0 Å². The number of aliphatic hydroxyl groups excluding tert-OH is 2. The van der Waals surface area contributed by atoms with E-state index in [0.29, 0.717) is 29.7 Å². The highest BCUT2D eigenvalue weighted by atomic mass is 32.1. The molecule has 3 aromatic rings. The van der Waals surface area contributed by atoms with Crippen LogP contribution >= 0.6 is 12.6 Å². The number of phenolic OH excluding ortho intramolecular Hbond substituents is 2. The van der Waals surface area contributed by atoms with Gasteiger partial charge in [-0.05, 0) is 92.3 Å². The zero-order chi connectivity index (χ0) is 70.0. The summed E-state index contributed by atoms with van der Waals surface area (Å²) in [5.41, 5.74) is 7.19. The molecular formula is C62H92N12O19S. The van der Waals surface area contributed by atoms with E-state index in [0.717, 1.165) is 0 Å². The molecular weight excluding hydrogens is 1250 g/mol. The molecule has 8 amide bonds. The van der Waals surface area contributed by atoms with E-state index < -0.39 is 157 Å². The van der Waals surface area contributed by atoms with Gasteiger partial charge in [0.25, 0.3) is 0 Å². The van der Waals surface area contributed by atoms with Crippen LogP contribution < -0.4 is 48.3 Å². The van der Waals surface area contributed by atoms with E-state index in [9.17, 15) is 88.2 Å². The lowest BCUT2D eigenvalue weighted by Gasteiger charge is -2.26. The van der Waals surface area contributed by atoms with Gasteiger partial charge >= 0.3 is 11.9 Å². The average Bonchev–Trinajstić information content (AvgIpc) is 1.52. The number of nitrogens with one attached hydrogen (secondary N) is 8. The number of phenols is 2. The van der Waals surface area contributed by atoms with Gasteiger partial charge in [0, 0.05) is 63.4 Å². The largest absolute Gasteiger partial charge is 0.508 e.